The second-order valence-electron chi connectivity index (χ2n) is 6.17. The van der Waals surface area contributed by atoms with Gasteiger partial charge in [0.15, 0.2) is 0 Å². The van der Waals surface area contributed by atoms with Crippen molar-refractivity contribution >= 4 is 11.8 Å². The van der Waals surface area contributed by atoms with Gasteiger partial charge in [-0.3, -0.25) is 4.90 Å². The van der Waals surface area contributed by atoms with Gasteiger partial charge in [0, 0.05) is 36.7 Å². The monoisotopic (exact) mass is 306 g/mol. The van der Waals surface area contributed by atoms with Crippen molar-refractivity contribution in [3.8, 4) is 0 Å². The highest BCUT2D eigenvalue weighted by Crippen LogP contribution is 2.21. The molecule has 2 atom stereocenters. The number of benzene rings is 1. The molecule has 0 bridgehead atoms. The van der Waals surface area contributed by atoms with E-state index in [2.05, 4.69) is 67.0 Å². The fourth-order valence-electron chi connectivity index (χ4n) is 2.89. The molecule has 1 aliphatic heterocycles. The van der Waals surface area contributed by atoms with E-state index in [1.807, 2.05) is 0 Å². The van der Waals surface area contributed by atoms with Crippen molar-refractivity contribution in [2.75, 3.05) is 31.1 Å². The first-order chi connectivity index (χ1) is 10.2. The smallest absolute Gasteiger partial charge is 0.0332 e. The molecular formula is C18H30N2S. The number of hydrogen-bond acceptors (Lipinski definition) is 3. The summed E-state index contributed by atoms with van der Waals surface area (Å²) in [6, 6.07) is 10.3. The minimum absolute atomic E-state index is 0.493. The van der Waals surface area contributed by atoms with E-state index < -0.39 is 0 Å². The third kappa shape index (κ3) is 5.32. The van der Waals surface area contributed by atoms with Crippen molar-refractivity contribution in [1.82, 2.24) is 10.2 Å². The van der Waals surface area contributed by atoms with E-state index >= 15 is 0 Å². The van der Waals surface area contributed by atoms with Gasteiger partial charge in [0.1, 0.15) is 0 Å². The summed E-state index contributed by atoms with van der Waals surface area (Å²) in [7, 11) is 0. The van der Waals surface area contributed by atoms with Crippen molar-refractivity contribution in [3.63, 3.8) is 0 Å². The van der Waals surface area contributed by atoms with Crippen LogP contribution in [0.25, 0.3) is 0 Å². The van der Waals surface area contributed by atoms with Crippen LogP contribution >= 0.6 is 11.8 Å². The average molecular weight is 307 g/mol. The minimum atomic E-state index is 0.493. The molecule has 2 unspecified atom stereocenters. The van der Waals surface area contributed by atoms with Crippen LogP contribution in [0.2, 0.25) is 0 Å². The molecule has 0 aromatic heterocycles. The van der Waals surface area contributed by atoms with Crippen molar-refractivity contribution in [1.29, 1.82) is 0 Å². The Morgan fingerprint density at radius 3 is 2.76 bits per heavy atom. The van der Waals surface area contributed by atoms with Crippen LogP contribution < -0.4 is 5.32 Å². The van der Waals surface area contributed by atoms with Gasteiger partial charge in [-0.05, 0) is 38.8 Å². The van der Waals surface area contributed by atoms with Gasteiger partial charge in [0.2, 0.25) is 0 Å². The zero-order chi connectivity index (χ0) is 15.1. The summed E-state index contributed by atoms with van der Waals surface area (Å²) in [5.41, 5.74) is 2.78. The molecule has 1 saturated heterocycles. The maximum absolute atomic E-state index is 3.73. The highest BCUT2D eigenvalue weighted by Gasteiger charge is 2.20. The van der Waals surface area contributed by atoms with E-state index in [9.17, 15) is 0 Å². The highest BCUT2D eigenvalue weighted by atomic mass is 32.2. The summed E-state index contributed by atoms with van der Waals surface area (Å²) < 4.78 is 0. The number of nitrogens with zero attached hydrogens (tertiary/aromatic N) is 1. The second-order valence-corrected chi connectivity index (χ2v) is 7.32. The lowest BCUT2D eigenvalue weighted by Gasteiger charge is -2.34. The molecule has 118 valence electrons. The fourth-order valence-corrected chi connectivity index (χ4v) is 3.97. The third-order valence-electron chi connectivity index (χ3n) is 4.33. The maximum atomic E-state index is 3.73. The largest absolute Gasteiger partial charge is 0.310 e. The summed E-state index contributed by atoms with van der Waals surface area (Å²) in [5, 5.41) is 3.73. The van der Waals surface area contributed by atoms with Crippen molar-refractivity contribution in [2.45, 2.75) is 45.7 Å². The molecule has 0 saturated carbocycles. The molecule has 3 heteroatoms. The normalized spacial score (nSPS) is 21.4. The summed E-state index contributed by atoms with van der Waals surface area (Å²) in [6.45, 7) is 10.3. The van der Waals surface area contributed by atoms with E-state index in [4.69, 9.17) is 0 Å². The summed E-state index contributed by atoms with van der Waals surface area (Å²) >= 11 is 2.10. The molecule has 0 radical (unpaired) electrons. The molecule has 0 aliphatic carbocycles. The van der Waals surface area contributed by atoms with Gasteiger partial charge in [-0.2, -0.15) is 11.8 Å². The molecule has 1 aliphatic rings. The number of rotatable bonds is 7. The third-order valence-corrected chi connectivity index (χ3v) is 5.52. The minimum Gasteiger partial charge on any atom is -0.310 e. The highest BCUT2D eigenvalue weighted by molar-refractivity contribution is 7.99. The Labute approximate surface area is 134 Å². The second kappa shape index (κ2) is 8.82. The molecule has 2 rings (SSSR count). The quantitative estimate of drug-likeness (QED) is 0.823. The molecular weight excluding hydrogens is 276 g/mol. The van der Waals surface area contributed by atoms with Crippen molar-refractivity contribution in [2.24, 2.45) is 0 Å². The Balaban J connectivity index is 1.94. The van der Waals surface area contributed by atoms with Crippen LogP contribution in [0.4, 0.5) is 0 Å². The van der Waals surface area contributed by atoms with Crippen LogP contribution in [-0.4, -0.2) is 42.1 Å². The molecule has 0 spiro atoms. The van der Waals surface area contributed by atoms with Crippen LogP contribution in [0, 0.1) is 6.92 Å². The van der Waals surface area contributed by atoms with Gasteiger partial charge in [0.05, 0.1) is 0 Å². The zero-order valence-corrected chi connectivity index (χ0v) is 14.6. The Morgan fingerprint density at radius 2 is 2.10 bits per heavy atom. The molecule has 1 aromatic rings. The van der Waals surface area contributed by atoms with E-state index in [0.29, 0.717) is 6.04 Å². The topological polar surface area (TPSA) is 15.3 Å². The lowest BCUT2D eigenvalue weighted by molar-refractivity contribution is 0.219. The number of hydrogen-bond donors (Lipinski definition) is 1. The van der Waals surface area contributed by atoms with Gasteiger partial charge in [-0.25, -0.2) is 0 Å². The van der Waals surface area contributed by atoms with E-state index in [1.54, 1.807) is 0 Å². The molecule has 1 aromatic carbocycles. The van der Waals surface area contributed by atoms with E-state index in [0.717, 1.165) is 12.6 Å². The predicted octanol–water partition coefficient (Wildman–Crippen LogP) is 3.86. The van der Waals surface area contributed by atoms with Crippen LogP contribution in [0.5, 0.6) is 0 Å². The average Bonchev–Trinajstić information content (AvgIpc) is 2.50. The predicted molar refractivity (Wildman–Crippen MR) is 95.2 cm³/mol. The maximum Gasteiger partial charge on any atom is 0.0332 e. The van der Waals surface area contributed by atoms with Crippen molar-refractivity contribution < 1.29 is 0 Å². The van der Waals surface area contributed by atoms with Gasteiger partial charge in [0.25, 0.3) is 0 Å². The molecule has 0 amide bonds. The van der Waals surface area contributed by atoms with Crippen LogP contribution in [0.3, 0.4) is 0 Å². The van der Waals surface area contributed by atoms with Crippen LogP contribution in [0.15, 0.2) is 24.3 Å². The number of nitrogens with one attached hydrogen (secondary N) is 1. The van der Waals surface area contributed by atoms with Crippen molar-refractivity contribution in [3.05, 3.63) is 35.4 Å². The van der Waals surface area contributed by atoms with E-state index in [-0.39, 0.29) is 0 Å². The Morgan fingerprint density at radius 1 is 1.33 bits per heavy atom. The number of aryl methyl sites for hydroxylation is 1. The Kier molecular flexibility index (Phi) is 7.08. The summed E-state index contributed by atoms with van der Waals surface area (Å²) in [4.78, 5) is 2.66. The first kappa shape index (κ1) is 16.9. The first-order valence-corrected chi connectivity index (χ1v) is 9.48. The molecule has 1 fully saturated rings. The zero-order valence-electron chi connectivity index (χ0n) is 13.8. The lowest BCUT2D eigenvalue weighted by Crippen LogP contribution is -2.42. The lowest BCUT2D eigenvalue weighted by atomic mass is 10.0. The van der Waals surface area contributed by atoms with E-state index in [1.165, 1.54) is 48.6 Å². The van der Waals surface area contributed by atoms with Gasteiger partial charge in [-0.1, -0.05) is 36.8 Å². The molecule has 2 nitrogen and oxygen atoms in total. The standard InChI is InChI=1S/C18H30N2S/c1-4-10-19-18(17-7-5-15(2)6-8-17)9-11-20-12-13-21-14-16(20)3/h5-8,16,18-19H,4,9-14H2,1-3H3. The van der Waals surface area contributed by atoms with Gasteiger partial charge < -0.3 is 5.32 Å². The van der Waals surface area contributed by atoms with Gasteiger partial charge >= 0.3 is 0 Å². The molecule has 21 heavy (non-hydrogen) atoms. The summed E-state index contributed by atoms with van der Waals surface area (Å²) in [5.74, 6) is 2.58. The first-order valence-electron chi connectivity index (χ1n) is 8.32. The van der Waals surface area contributed by atoms with Crippen LogP contribution in [0.1, 0.15) is 43.9 Å². The SMILES string of the molecule is CCCNC(CCN1CCSCC1C)c1ccc(C)cc1. The summed E-state index contributed by atoms with van der Waals surface area (Å²) in [6.07, 6.45) is 2.40. The molecule has 1 heterocycles. The fraction of sp³-hybridized carbons (Fsp3) is 0.667. The number of thioether (sulfide) groups is 1. The Hall–Kier alpha value is -0.510. The molecule has 1 N–H and O–H groups in total. The van der Waals surface area contributed by atoms with Crippen LogP contribution in [-0.2, 0) is 0 Å². The van der Waals surface area contributed by atoms with Gasteiger partial charge in [-0.15, -0.1) is 0 Å². The Bertz CT molecular complexity index is 404.